The Kier molecular flexibility index (Phi) is 4.06. The Balaban J connectivity index is 2.39. The molecule has 1 aromatic carbocycles. The highest BCUT2D eigenvalue weighted by Crippen LogP contribution is 2.29. The largest absolute Gasteiger partial charge is 0.398 e. The van der Waals surface area contributed by atoms with Crippen molar-refractivity contribution in [1.82, 2.24) is 4.31 Å². The van der Waals surface area contributed by atoms with Gasteiger partial charge >= 0.3 is 0 Å². The average molecular weight is 305 g/mol. The van der Waals surface area contributed by atoms with Gasteiger partial charge in [0, 0.05) is 18.7 Å². The van der Waals surface area contributed by atoms with Crippen molar-refractivity contribution < 1.29 is 13.2 Å². The SMILES string of the molecule is CC1OCCC1N(C)S(=O)(=O)c1cc(Cl)ccc1N. The number of sulfonamides is 1. The maximum absolute atomic E-state index is 12.6. The van der Waals surface area contributed by atoms with Crippen LogP contribution in [0.3, 0.4) is 0 Å². The molecule has 0 saturated carbocycles. The minimum Gasteiger partial charge on any atom is -0.398 e. The molecule has 0 bridgehead atoms. The second-order valence-electron chi connectivity index (χ2n) is 4.64. The van der Waals surface area contributed by atoms with E-state index in [1.165, 1.54) is 16.4 Å². The van der Waals surface area contributed by atoms with Gasteiger partial charge in [0.15, 0.2) is 0 Å². The molecule has 2 atom stereocenters. The molecule has 19 heavy (non-hydrogen) atoms. The summed E-state index contributed by atoms with van der Waals surface area (Å²) in [5.41, 5.74) is 5.95. The molecule has 1 saturated heterocycles. The van der Waals surface area contributed by atoms with Crippen molar-refractivity contribution in [3.8, 4) is 0 Å². The molecule has 0 radical (unpaired) electrons. The van der Waals surface area contributed by atoms with Crippen molar-refractivity contribution in [2.24, 2.45) is 0 Å². The predicted octanol–water partition coefficient (Wildman–Crippen LogP) is 1.72. The molecule has 2 rings (SSSR count). The molecular weight excluding hydrogens is 288 g/mol. The lowest BCUT2D eigenvalue weighted by Gasteiger charge is -2.26. The number of benzene rings is 1. The molecule has 1 aliphatic heterocycles. The van der Waals surface area contributed by atoms with Gasteiger partial charge in [0.2, 0.25) is 10.0 Å². The van der Waals surface area contributed by atoms with E-state index in [9.17, 15) is 8.42 Å². The maximum Gasteiger partial charge on any atom is 0.245 e. The Morgan fingerprint density at radius 1 is 1.47 bits per heavy atom. The molecule has 106 valence electrons. The molecule has 0 aromatic heterocycles. The van der Waals surface area contributed by atoms with Crippen molar-refractivity contribution in [3.63, 3.8) is 0 Å². The number of hydrogen-bond acceptors (Lipinski definition) is 4. The quantitative estimate of drug-likeness (QED) is 0.863. The molecule has 0 amide bonds. The second-order valence-corrected chi connectivity index (χ2v) is 7.04. The van der Waals surface area contributed by atoms with Crippen molar-refractivity contribution >= 4 is 27.3 Å². The van der Waals surface area contributed by atoms with E-state index >= 15 is 0 Å². The smallest absolute Gasteiger partial charge is 0.245 e. The van der Waals surface area contributed by atoms with Crippen LogP contribution in [0.25, 0.3) is 0 Å². The topological polar surface area (TPSA) is 72.6 Å². The Bertz CT molecular complexity index is 576. The van der Waals surface area contributed by atoms with Crippen LogP contribution in [0, 0.1) is 0 Å². The molecular formula is C12H17ClN2O3S. The summed E-state index contributed by atoms with van der Waals surface area (Å²) in [6.07, 6.45) is 0.553. The van der Waals surface area contributed by atoms with Crippen LogP contribution in [-0.4, -0.2) is 38.5 Å². The molecule has 1 aromatic rings. The van der Waals surface area contributed by atoms with Gasteiger partial charge in [0.1, 0.15) is 4.90 Å². The summed E-state index contributed by atoms with van der Waals surface area (Å²) < 4.78 is 31.9. The predicted molar refractivity (Wildman–Crippen MR) is 74.6 cm³/mol. The highest BCUT2D eigenvalue weighted by Gasteiger charge is 2.36. The van der Waals surface area contributed by atoms with Crippen LogP contribution in [0.1, 0.15) is 13.3 Å². The number of anilines is 1. The van der Waals surface area contributed by atoms with Crippen molar-refractivity contribution in [2.75, 3.05) is 19.4 Å². The van der Waals surface area contributed by atoms with Gasteiger partial charge in [-0.05, 0) is 31.5 Å². The lowest BCUT2D eigenvalue weighted by molar-refractivity contribution is 0.102. The first kappa shape index (κ1) is 14.6. The molecule has 1 fully saturated rings. The van der Waals surface area contributed by atoms with E-state index in [0.717, 1.165) is 0 Å². The highest BCUT2D eigenvalue weighted by atomic mass is 35.5. The number of rotatable bonds is 3. The van der Waals surface area contributed by atoms with Crippen LogP contribution < -0.4 is 5.73 Å². The Hall–Kier alpha value is -0.820. The van der Waals surface area contributed by atoms with Gasteiger partial charge < -0.3 is 10.5 Å². The fourth-order valence-electron chi connectivity index (χ4n) is 2.26. The van der Waals surface area contributed by atoms with Crippen molar-refractivity contribution in [1.29, 1.82) is 0 Å². The first-order valence-corrected chi connectivity index (χ1v) is 7.80. The number of nitrogens with two attached hydrogens (primary N) is 1. The van der Waals surface area contributed by atoms with Gasteiger partial charge in [0.25, 0.3) is 0 Å². The van der Waals surface area contributed by atoms with Crippen molar-refractivity contribution in [2.45, 2.75) is 30.4 Å². The summed E-state index contributed by atoms with van der Waals surface area (Å²) in [5, 5.41) is 0.344. The number of hydrogen-bond donors (Lipinski definition) is 1. The van der Waals surface area contributed by atoms with E-state index in [2.05, 4.69) is 0 Å². The summed E-state index contributed by atoms with van der Waals surface area (Å²) in [5.74, 6) is 0. The Morgan fingerprint density at radius 2 is 2.16 bits per heavy atom. The summed E-state index contributed by atoms with van der Waals surface area (Å²) in [6, 6.07) is 4.27. The standard InChI is InChI=1S/C12H17ClN2O3S/c1-8-11(5-6-18-8)15(2)19(16,17)12-7-9(13)3-4-10(12)14/h3-4,7-8,11H,5-6,14H2,1-2H3. The monoisotopic (exact) mass is 304 g/mol. The first-order chi connectivity index (χ1) is 8.84. The molecule has 1 aliphatic rings. The number of nitrogen functional groups attached to an aromatic ring is 1. The molecule has 0 spiro atoms. The lowest BCUT2D eigenvalue weighted by Crippen LogP contribution is -2.41. The Morgan fingerprint density at radius 3 is 2.74 bits per heavy atom. The second kappa shape index (κ2) is 5.28. The third-order valence-electron chi connectivity index (χ3n) is 3.44. The summed E-state index contributed by atoms with van der Waals surface area (Å²) in [4.78, 5) is 0.0431. The number of halogens is 1. The maximum atomic E-state index is 12.6. The van der Waals surface area contributed by atoms with Crippen LogP contribution in [0.2, 0.25) is 5.02 Å². The zero-order valence-electron chi connectivity index (χ0n) is 10.8. The van der Waals surface area contributed by atoms with Crippen LogP contribution in [-0.2, 0) is 14.8 Å². The van der Waals surface area contributed by atoms with Crippen molar-refractivity contribution in [3.05, 3.63) is 23.2 Å². The molecule has 5 nitrogen and oxygen atoms in total. The van der Waals surface area contributed by atoms with Gasteiger partial charge in [0.05, 0.1) is 17.8 Å². The molecule has 7 heteroatoms. The van der Waals surface area contributed by atoms with E-state index in [4.69, 9.17) is 22.1 Å². The van der Waals surface area contributed by atoms with E-state index in [-0.39, 0.29) is 22.7 Å². The average Bonchev–Trinajstić information content (AvgIpc) is 2.77. The van der Waals surface area contributed by atoms with Crippen LogP contribution in [0.4, 0.5) is 5.69 Å². The number of ether oxygens (including phenoxy) is 1. The van der Waals surface area contributed by atoms with Crippen LogP contribution in [0.15, 0.2) is 23.1 Å². The van der Waals surface area contributed by atoms with E-state index < -0.39 is 10.0 Å². The van der Waals surface area contributed by atoms with Gasteiger partial charge in [-0.2, -0.15) is 4.31 Å². The van der Waals surface area contributed by atoms with E-state index in [1.807, 2.05) is 6.92 Å². The zero-order chi connectivity index (χ0) is 14.2. The first-order valence-electron chi connectivity index (χ1n) is 5.98. The van der Waals surface area contributed by atoms with E-state index in [0.29, 0.717) is 18.1 Å². The Labute approximate surface area is 118 Å². The number of nitrogens with zero attached hydrogens (tertiary/aromatic N) is 1. The summed E-state index contributed by atoms with van der Waals surface area (Å²) in [7, 11) is -2.12. The van der Waals surface area contributed by atoms with Gasteiger partial charge in [-0.15, -0.1) is 0 Å². The summed E-state index contributed by atoms with van der Waals surface area (Å²) >= 11 is 5.85. The fourth-order valence-corrected chi connectivity index (χ4v) is 4.09. The van der Waals surface area contributed by atoms with Gasteiger partial charge in [-0.3, -0.25) is 0 Å². The zero-order valence-corrected chi connectivity index (χ0v) is 12.4. The normalized spacial score (nSPS) is 24.0. The minimum atomic E-state index is -3.66. The van der Waals surface area contributed by atoms with E-state index in [1.54, 1.807) is 13.1 Å². The molecule has 2 N–H and O–H groups in total. The third kappa shape index (κ3) is 2.72. The highest BCUT2D eigenvalue weighted by molar-refractivity contribution is 7.89. The third-order valence-corrected chi connectivity index (χ3v) is 5.61. The van der Waals surface area contributed by atoms with Gasteiger partial charge in [-0.1, -0.05) is 11.6 Å². The van der Waals surface area contributed by atoms with Crippen LogP contribution >= 0.6 is 11.6 Å². The molecule has 2 unspecified atom stereocenters. The molecule has 1 heterocycles. The molecule has 0 aliphatic carbocycles. The fraction of sp³-hybridized carbons (Fsp3) is 0.500. The van der Waals surface area contributed by atoms with Gasteiger partial charge in [-0.25, -0.2) is 8.42 Å². The summed E-state index contributed by atoms with van der Waals surface area (Å²) in [6.45, 7) is 2.43. The number of likely N-dealkylation sites (N-methyl/N-ethyl adjacent to an activating group) is 1. The minimum absolute atomic E-state index is 0.0431. The van der Waals surface area contributed by atoms with Crippen LogP contribution in [0.5, 0.6) is 0 Å². The lowest BCUT2D eigenvalue weighted by atomic mass is 10.2.